The predicted octanol–water partition coefficient (Wildman–Crippen LogP) is 5.55. The molecule has 0 N–H and O–H groups in total. The van der Waals surface area contributed by atoms with Gasteiger partial charge in [-0.2, -0.15) is 0 Å². The third-order valence-corrected chi connectivity index (χ3v) is 11.7. The molecular weight excluding hydrogens is 661 g/mol. The lowest BCUT2D eigenvalue weighted by Gasteiger charge is -2.41. The average Bonchev–Trinajstić information content (AvgIpc) is 3.81. The largest absolute Gasteiger partial charge is 0.496 e. The number of anilines is 1. The van der Waals surface area contributed by atoms with E-state index in [0.29, 0.717) is 52.3 Å². The topological polar surface area (TPSA) is 99.4 Å². The molecule has 2 saturated heterocycles. The van der Waals surface area contributed by atoms with Crippen molar-refractivity contribution in [3.05, 3.63) is 106 Å². The Morgan fingerprint density at radius 3 is 2.40 bits per heavy atom. The summed E-state index contributed by atoms with van der Waals surface area (Å²) >= 11 is 12.8. The Morgan fingerprint density at radius 1 is 0.957 bits per heavy atom. The molecule has 4 aromatic rings. The van der Waals surface area contributed by atoms with E-state index in [1.54, 1.807) is 31.5 Å². The van der Waals surface area contributed by atoms with Crippen molar-refractivity contribution in [3.63, 3.8) is 0 Å². The number of amides is 1. The number of hydrogen-bond donors (Lipinski definition) is 0. The zero-order valence-electron chi connectivity index (χ0n) is 26.1. The molecule has 3 aromatic carbocycles. The molecule has 1 amide bonds. The number of nitrogens with zero attached hydrogens (tertiary/aromatic N) is 5. The molecule has 0 bridgehead atoms. The maximum absolute atomic E-state index is 15.5. The summed E-state index contributed by atoms with van der Waals surface area (Å²) in [5.74, 6) is 0.248. The minimum absolute atomic E-state index is 0.0617. The van der Waals surface area contributed by atoms with Crippen LogP contribution in [-0.2, 0) is 26.9 Å². The van der Waals surface area contributed by atoms with Gasteiger partial charge in [-0.1, -0.05) is 29.3 Å². The maximum atomic E-state index is 15.5. The molecule has 246 valence electrons. The molecule has 7 rings (SSSR count). The summed E-state index contributed by atoms with van der Waals surface area (Å²) in [5.41, 5.74) is 0.526. The molecule has 1 unspecified atom stereocenters. The average molecular weight is 697 g/mol. The first-order chi connectivity index (χ1) is 22.6. The zero-order valence-corrected chi connectivity index (χ0v) is 28.4. The number of oxazole rings is 1. The van der Waals surface area contributed by atoms with E-state index in [0.717, 1.165) is 42.5 Å². The number of methoxy groups -OCH3 is 1. The van der Waals surface area contributed by atoms with Gasteiger partial charge in [-0.25, -0.2) is 17.7 Å². The van der Waals surface area contributed by atoms with E-state index in [1.165, 1.54) is 30.5 Å². The smallest absolute Gasteiger partial charge is 0.271 e. The number of benzene rings is 3. The zero-order chi connectivity index (χ0) is 32.9. The second-order valence-electron chi connectivity index (χ2n) is 12.2. The van der Waals surface area contributed by atoms with Crippen LogP contribution in [0.5, 0.6) is 5.75 Å². The fraction of sp³-hybridized carbons (Fsp3) is 0.353. The molecule has 0 spiro atoms. The number of rotatable bonds is 8. The monoisotopic (exact) mass is 695 g/mol. The van der Waals surface area contributed by atoms with Crippen LogP contribution in [0.3, 0.4) is 0 Å². The Morgan fingerprint density at radius 2 is 1.70 bits per heavy atom. The van der Waals surface area contributed by atoms with Crippen LogP contribution < -0.4 is 9.04 Å². The molecule has 3 aliphatic heterocycles. The second kappa shape index (κ2) is 12.5. The van der Waals surface area contributed by atoms with Gasteiger partial charge in [0.2, 0.25) is 5.89 Å². The fourth-order valence-corrected chi connectivity index (χ4v) is 8.97. The van der Waals surface area contributed by atoms with Crippen molar-refractivity contribution in [2.24, 2.45) is 0 Å². The lowest BCUT2D eigenvalue weighted by atomic mass is 9.80. The number of carbonyl (C=O) groups is 1. The van der Waals surface area contributed by atoms with Crippen molar-refractivity contribution < 1.29 is 22.4 Å². The molecule has 0 saturated carbocycles. The lowest BCUT2D eigenvalue weighted by molar-refractivity contribution is -0.127. The molecule has 2 atom stereocenters. The van der Waals surface area contributed by atoms with Crippen LogP contribution in [0.1, 0.15) is 41.5 Å². The van der Waals surface area contributed by atoms with Crippen molar-refractivity contribution >= 4 is 44.8 Å². The van der Waals surface area contributed by atoms with Crippen LogP contribution in [0.4, 0.5) is 5.69 Å². The van der Waals surface area contributed by atoms with Crippen molar-refractivity contribution in [3.8, 4) is 5.75 Å². The number of carbonyl (C=O) groups excluding carboxylic acids is 1. The Hall–Kier alpha value is -3.45. The summed E-state index contributed by atoms with van der Waals surface area (Å²) in [5, 5.41) is 0.747. The molecule has 1 aromatic heterocycles. The van der Waals surface area contributed by atoms with E-state index < -0.39 is 27.5 Å². The van der Waals surface area contributed by atoms with Crippen LogP contribution >= 0.6 is 23.2 Å². The molecule has 0 radical (unpaired) electrons. The molecule has 13 heteroatoms. The highest BCUT2D eigenvalue weighted by atomic mass is 35.5. The normalized spacial score (nSPS) is 22.6. The van der Waals surface area contributed by atoms with Crippen LogP contribution in [0, 0.1) is 0 Å². The number of aromatic nitrogens is 1. The van der Waals surface area contributed by atoms with Gasteiger partial charge in [0.15, 0.2) is 5.54 Å². The van der Waals surface area contributed by atoms with Crippen molar-refractivity contribution in [1.29, 1.82) is 0 Å². The van der Waals surface area contributed by atoms with E-state index in [-0.39, 0.29) is 10.6 Å². The number of likely N-dealkylation sites (N-methyl/N-ethyl adjacent to an activating group) is 1. The SMILES string of the molecule is COc1ccc(CN2CCN(C)CC2)cc1C1(N2CCC[C@H]2c2ncco2)C(=O)N(S(=O)(=O)c2ccc(Cl)cc2)c2ccc(Cl)cc21. The van der Waals surface area contributed by atoms with Gasteiger partial charge < -0.3 is 14.1 Å². The van der Waals surface area contributed by atoms with Crippen LogP contribution in [0.25, 0.3) is 0 Å². The number of piperazine rings is 1. The first-order valence-electron chi connectivity index (χ1n) is 15.5. The lowest BCUT2D eigenvalue weighted by Crippen LogP contribution is -2.54. The van der Waals surface area contributed by atoms with Crippen LogP contribution in [0.15, 0.2) is 82.4 Å². The maximum Gasteiger partial charge on any atom is 0.271 e. The van der Waals surface area contributed by atoms with Gasteiger partial charge >= 0.3 is 0 Å². The van der Waals surface area contributed by atoms with E-state index in [2.05, 4.69) is 21.8 Å². The highest BCUT2D eigenvalue weighted by Crippen LogP contribution is 2.57. The first-order valence-corrected chi connectivity index (χ1v) is 17.7. The van der Waals surface area contributed by atoms with Crippen molar-refractivity contribution in [2.75, 3.05) is 51.2 Å². The number of fused-ring (bicyclic) bond motifs is 1. The van der Waals surface area contributed by atoms with Gasteiger partial charge in [0, 0.05) is 60.4 Å². The van der Waals surface area contributed by atoms with Crippen molar-refractivity contribution in [2.45, 2.75) is 35.9 Å². The molecule has 0 aliphatic carbocycles. The third-order valence-electron chi connectivity index (χ3n) is 9.49. The standard InChI is InChI=1S/C34H35Cl2N5O5S/c1-38-15-17-39(18-16-38)22-23-5-12-31(45-2)28(20-23)34(40-14-3-4-30(40)32-37-13-19-46-32)27-21-25(36)8-11-29(27)41(33(34)42)47(43,44)26-9-6-24(35)7-10-26/h5-13,19-21,30H,3-4,14-18,22H2,1-2H3/t30-,34?/m0/s1. The fourth-order valence-electron chi connectivity index (χ4n) is 7.21. The molecular formula is C34H35Cl2N5O5S. The molecule has 47 heavy (non-hydrogen) atoms. The summed E-state index contributed by atoms with van der Waals surface area (Å²) in [6.45, 7) is 4.86. The first kappa shape index (κ1) is 32.1. The van der Waals surface area contributed by atoms with E-state index in [9.17, 15) is 8.42 Å². The minimum atomic E-state index is -4.41. The Bertz CT molecular complexity index is 1900. The van der Waals surface area contributed by atoms with Gasteiger partial charge in [-0.05, 0) is 80.1 Å². The number of hydrogen-bond acceptors (Lipinski definition) is 9. The van der Waals surface area contributed by atoms with Crippen LogP contribution in [0.2, 0.25) is 10.0 Å². The second-order valence-corrected chi connectivity index (χ2v) is 14.9. The van der Waals surface area contributed by atoms with Crippen molar-refractivity contribution in [1.82, 2.24) is 19.7 Å². The quantitative estimate of drug-likeness (QED) is 0.235. The Kier molecular flexibility index (Phi) is 8.57. The number of likely N-dealkylation sites (tertiary alicyclic amines) is 1. The summed E-state index contributed by atoms with van der Waals surface area (Å²) in [6, 6.07) is 16.1. The van der Waals surface area contributed by atoms with E-state index in [1.807, 2.05) is 23.1 Å². The summed E-state index contributed by atoms with van der Waals surface area (Å²) < 4.78 is 41.7. The number of halogens is 2. The highest BCUT2D eigenvalue weighted by molar-refractivity contribution is 7.93. The molecule has 3 aliphatic rings. The van der Waals surface area contributed by atoms with Gasteiger partial charge in [-0.3, -0.25) is 14.6 Å². The van der Waals surface area contributed by atoms with E-state index in [4.69, 9.17) is 32.4 Å². The Balaban J connectivity index is 1.47. The summed E-state index contributed by atoms with van der Waals surface area (Å²) in [4.78, 5) is 26.6. The molecule has 10 nitrogen and oxygen atoms in total. The van der Waals surface area contributed by atoms with Gasteiger partial charge in [-0.15, -0.1) is 0 Å². The number of ether oxygens (including phenoxy) is 1. The highest BCUT2D eigenvalue weighted by Gasteiger charge is 2.62. The third kappa shape index (κ3) is 5.43. The Labute approximate surface area is 284 Å². The molecule has 4 heterocycles. The van der Waals surface area contributed by atoms with Gasteiger partial charge in [0.05, 0.1) is 29.9 Å². The predicted molar refractivity (Wildman–Crippen MR) is 179 cm³/mol. The molecule has 2 fully saturated rings. The minimum Gasteiger partial charge on any atom is -0.496 e. The van der Waals surface area contributed by atoms with Gasteiger partial charge in [0.1, 0.15) is 12.0 Å². The summed E-state index contributed by atoms with van der Waals surface area (Å²) in [7, 11) is -0.731. The summed E-state index contributed by atoms with van der Waals surface area (Å²) in [6.07, 6.45) is 4.46. The van der Waals surface area contributed by atoms with E-state index >= 15 is 4.79 Å². The van der Waals surface area contributed by atoms with Crippen LogP contribution in [-0.4, -0.2) is 80.9 Å². The number of sulfonamides is 1. The van der Waals surface area contributed by atoms with Gasteiger partial charge in [0.25, 0.3) is 15.9 Å².